The van der Waals surface area contributed by atoms with Crippen LogP contribution in [0, 0.1) is 11.8 Å². The number of nitrogens with one attached hydrogen (secondary N) is 1. The third-order valence-electron chi connectivity index (χ3n) is 5.90. The van der Waals surface area contributed by atoms with Gasteiger partial charge in [-0.05, 0) is 42.1 Å². The molecule has 0 fully saturated rings. The van der Waals surface area contributed by atoms with Crippen LogP contribution in [0.15, 0.2) is 52.2 Å². The van der Waals surface area contributed by atoms with Gasteiger partial charge in [0.25, 0.3) is 5.56 Å². The Morgan fingerprint density at radius 1 is 0.929 bits per heavy atom. The lowest BCUT2D eigenvalue weighted by Gasteiger charge is -2.40. The SMILES string of the molecule is CC(C)CC(CCCCCCn1ccc(=O)[nH]c1=O)(c1ccccc1)C(C)C. The van der Waals surface area contributed by atoms with E-state index >= 15 is 0 Å². The van der Waals surface area contributed by atoms with Crippen molar-refractivity contribution in [2.45, 2.75) is 78.2 Å². The summed E-state index contributed by atoms with van der Waals surface area (Å²) in [6.45, 7) is 10.0. The van der Waals surface area contributed by atoms with Crippen LogP contribution in [-0.2, 0) is 12.0 Å². The van der Waals surface area contributed by atoms with Gasteiger partial charge in [-0.1, -0.05) is 77.3 Å². The minimum atomic E-state index is -0.336. The average molecular weight is 385 g/mol. The van der Waals surface area contributed by atoms with Crippen molar-refractivity contribution in [2.75, 3.05) is 0 Å². The van der Waals surface area contributed by atoms with Crippen LogP contribution in [0.3, 0.4) is 0 Å². The molecule has 2 aromatic rings. The van der Waals surface area contributed by atoms with Crippen LogP contribution in [0.1, 0.15) is 71.8 Å². The average Bonchev–Trinajstić information content (AvgIpc) is 2.65. The number of hydrogen-bond acceptors (Lipinski definition) is 2. The molecular formula is C24H36N2O2. The number of rotatable bonds is 11. The first-order valence-electron chi connectivity index (χ1n) is 10.7. The predicted molar refractivity (Wildman–Crippen MR) is 117 cm³/mol. The van der Waals surface area contributed by atoms with E-state index in [9.17, 15) is 9.59 Å². The lowest BCUT2D eigenvalue weighted by molar-refractivity contribution is 0.225. The van der Waals surface area contributed by atoms with Crippen molar-refractivity contribution >= 4 is 0 Å². The molecule has 0 aliphatic carbocycles. The third kappa shape index (κ3) is 5.95. The van der Waals surface area contributed by atoms with Crippen LogP contribution in [0.25, 0.3) is 0 Å². The fraction of sp³-hybridized carbons (Fsp3) is 0.583. The number of aromatic amines is 1. The van der Waals surface area contributed by atoms with Crippen LogP contribution >= 0.6 is 0 Å². The van der Waals surface area contributed by atoms with E-state index in [2.05, 4.69) is 63.0 Å². The molecule has 1 aromatic heterocycles. The lowest BCUT2D eigenvalue weighted by Crippen LogP contribution is -2.34. The van der Waals surface area contributed by atoms with E-state index in [1.165, 1.54) is 30.9 Å². The number of H-pyrrole nitrogens is 1. The third-order valence-corrected chi connectivity index (χ3v) is 5.90. The molecule has 0 radical (unpaired) electrons. The quantitative estimate of drug-likeness (QED) is 0.546. The highest BCUT2D eigenvalue weighted by atomic mass is 16.2. The molecule has 0 spiro atoms. The van der Waals surface area contributed by atoms with E-state index in [1.807, 2.05) is 0 Å². The van der Waals surface area contributed by atoms with Gasteiger partial charge in [-0.15, -0.1) is 0 Å². The van der Waals surface area contributed by atoms with Crippen molar-refractivity contribution in [2.24, 2.45) is 11.8 Å². The van der Waals surface area contributed by atoms with E-state index in [1.54, 1.807) is 10.8 Å². The Morgan fingerprint density at radius 2 is 1.61 bits per heavy atom. The van der Waals surface area contributed by atoms with Gasteiger partial charge in [0.2, 0.25) is 0 Å². The number of aryl methyl sites for hydroxylation is 1. The van der Waals surface area contributed by atoms with Gasteiger partial charge in [0.15, 0.2) is 0 Å². The summed E-state index contributed by atoms with van der Waals surface area (Å²) in [5.74, 6) is 1.26. The van der Waals surface area contributed by atoms with Gasteiger partial charge < -0.3 is 4.57 Å². The molecule has 4 nitrogen and oxygen atoms in total. The van der Waals surface area contributed by atoms with Gasteiger partial charge in [0.1, 0.15) is 0 Å². The Morgan fingerprint density at radius 3 is 2.21 bits per heavy atom. The standard InChI is InChI=1S/C24H36N2O2/c1-19(2)18-24(20(3)4,21-12-8-7-9-13-21)15-10-5-6-11-16-26-17-14-22(27)25-23(26)28/h7-9,12-14,17,19-20H,5-6,10-11,15-16,18H2,1-4H3,(H,25,27,28). The smallest absolute Gasteiger partial charge is 0.301 e. The van der Waals surface area contributed by atoms with Crippen molar-refractivity contribution in [1.29, 1.82) is 0 Å². The first-order chi connectivity index (χ1) is 13.3. The number of unbranched alkanes of at least 4 members (excludes halogenated alkanes) is 3. The zero-order valence-corrected chi connectivity index (χ0v) is 17.9. The summed E-state index contributed by atoms with van der Waals surface area (Å²) in [5.41, 5.74) is 1.05. The second-order valence-corrected chi connectivity index (χ2v) is 8.74. The first kappa shape index (κ1) is 22.2. The molecule has 4 heteroatoms. The van der Waals surface area contributed by atoms with Crippen molar-refractivity contribution in [3.05, 3.63) is 69.0 Å². The number of benzene rings is 1. The Hall–Kier alpha value is -2.10. The minimum absolute atomic E-state index is 0.227. The fourth-order valence-electron chi connectivity index (χ4n) is 4.42. The van der Waals surface area contributed by atoms with Gasteiger partial charge in [0.05, 0.1) is 0 Å². The predicted octanol–water partition coefficient (Wildman–Crippen LogP) is 5.13. The molecule has 28 heavy (non-hydrogen) atoms. The van der Waals surface area contributed by atoms with Crippen LogP contribution in [0.5, 0.6) is 0 Å². The number of hydrogen-bond donors (Lipinski definition) is 1. The summed E-state index contributed by atoms with van der Waals surface area (Å²) < 4.78 is 1.59. The zero-order chi connectivity index (χ0) is 20.6. The maximum atomic E-state index is 11.7. The Labute approximate surface area is 169 Å². The molecule has 0 saturated carbocycles. The molecule has 0 bridgehead atoms. The molecule has 1 aromatic carbocycles. The zero-order valence-electron chi connectivity index (χ0n) is 17.9. The largest absolute Gasteiger partial charge is 0.328 e. The molecule has 154 valence electrons. The second kappa shape index (κ2) is 10.4. The van der Waals surface area contributed by atoms with Crippen LogP contribution in [0.2, 0.25) is 0 Å². The Balaban J connectivity index is 1.92. The number of aromatic nitrogens is 2. The normalized spacial score (nSPS) is 13.8. The van der Waals surface area contributed by atoms with E-state index in [-0.39, 0.29) is 16.7 Å². The van der Waals surface area contributed by atoms with Gasteiger partial charge in [0, 0.05) is 18.8 Å². The number of nitrogens with zero attached hydrogens (tertiary/aromatic N) is 1. The molecule has 1 heterocycles. The Bertz CT molecular complexity index is 820. The van der Waals surface area contributed by atoms with E-state index < -0.39 is 0 Å². The van der Waals surface area contributed by atoms with Crippen molar-refractivity contribution in [3.8, 4) is 0 Å². The molecule has 0 aliphatic heterocycles. The summed E-state index contributed by atoms with van der Waals surface area (Å²) in [6.07, 6.45) is 8.40. The second-order valence-electron chi connectivity index (χ2n) is 8.74. The minimum Gasteiger partial charge on any atom is -0.301 e. The highest BCUT2D eigenvalue weighted by Gasteiger charge is 2.35. The van der Waals surface area contributed by atoms with Crippen LogP contribution < -0.4 is 11.2 Å². The summed E-state index contributed by atoms with van der Waals surface area (Å²) in [7, 11) is 0. The highest BCUT2D eigenvalue weighted by molar-refractivity contribution is 5.26. The maximum absolute atomic E-state index is 11.7. The molecule has 2 rings (SSSR count). The fourth-order valence-corrected chi connectivity index (χ4v) is 4.42. The van der Waals surface area contributed by atoms with E-state index in [4.69, 9.17) is 0 Å². The summed E-state index contributed by atoms with van der Waals surface area (Å²) in [6, 6.07) is 12.4. The molecule has 0 saturated heterocycles. The van der Waals surface area contributed by atoms with Gasteiger partial charge >= 0.3 is 5.69 Å². The van der Waals surface area contributed by atoms with Gasteiger partial charge in [-0.2, -0.15) is 0 Å². The van der Waals surface area contributed by atoms with Crippen molar-refractivity contribution < 1.29 is 0 Å². The summed E-state index contributed by atoms with van der Waals surface area (Å²) in [4.78, 5) is 25.2. The molecule has 1 atom stereocenters. The maximum Gasteiger partial charge on any atom is 0.328 e. The monoisotopic (exact) mass is 384 g/mol. The molecule has 0 amide bonds. The lowest BCUT2D eigenvalue weighted by atomic mass is 9.64. The van der Waals surface area contributed by atoms with Crippen LogP contribution in [-0.4, -0.2) is 9.55 Å². The first-order valence-corrected chi connectivity index (χ1v) is 10.7. The van der Waals surface area contributed by atoms with Crippen LogP contribution in [0.4, 0.5) is 0 Å². The van der Waals surface area contributed by atoms with Crippen molar-refractivity contribution in [3.63, 3.8) is 0 Å². The summed E-state index contributed by atoms with van der Waals surface area (Å²) >= 11 is 0. The molecular weight excluding hydrogens is 348 g/mol. The Kier molecular flexibility index (Phi) is 8.28. The topological polar surface area (TPSA) is 54.9 Å². The highest BCUT2D eigenvalue weighted by Crippen LogP contribution is 2.42. The van der Waals surface area contributed by atoms with Gasteiger partial charge in [-0.3, -0.25) is 9.78 Å². The molecule has 0 aliphatic rings. The van der Waals surface area contributed by atoms with Gasteiger partial charge in [-0.25, -0.2) is 4.79 Å². The van der Waals surface area contributed by atoms with E-state index in [0.717, 1.165) is 19.3 Å². The summed E-state index contributed by atoms with van der Waals surface area (Å²) in [5, 5.41) is 0. The van der Waals surface area contributed by atoms with Crippen molar-refractivity contribution in [1.82, 2.24) is 9.55 Å². The molecule has 1 unspecified atom stereocenters. The molecule has 1 N–H and O–H groups in total. The van der Waals surface area contributed by atoms with E-state index in [0.29, 0.717) is 18.4 Å².